The summed E-state index contributed by atoms with van der Waals surface area (Å²) in [7, 11) is 1.56. The minimum absolute atomic E-state index is 0.0393. The van der Waals surface area contributed by atoms with E-state index in [0.717, 1.165) is 5.56 Å². The fraction of sp³-hybridized carbons (Fsp3) is 0.500. The fourth-order valence-electron chi connectivity index (χ4n) is 2.18. The largest absolute Gasteiger partial charge is 0.388 e. The van der Waals surface area contributed by atoms with E-state index in [9.17, 15) is 9.90 Å². The highest BCUT2D eigenvalue weighted by atomic mass is 16.5. The lowest BCUT2D eigenvalue weighted by atomic mass is 10.1. The number of nitrogens with zero attached hydrogens (tertiary/aromatic N) is 1. The predicted octanol–water partition coefficient (Wildman–Crippen LogP) is 0.756. The number of hydrogen-bond donors (Lipinski definition) is 1. The molecule has 1 aliphatic heterocycles. The van der Waals surface area contributed by atoms with Gasteiger partial charge in [0.25, 0.3) is 0 Å². The maximum atomic E-state index is 12.1. The van der Waals surface area contributed by atoms with Crippen molar-refractivity contribution in [1.29, 1.82) is 0 Å². The molecular formula is C14H19NO3. The van der Waals surface area contributed by atoms with Crippen LogP contribution in [0.1, 0.15) is 11.1 Å². The maximum absolute atomic E-state index is 12.1. The number of likely N-dealkylation sites (tertiary alicyclic amines) is 1. The first-order valence-corrected chi connectivity index (χ1v) is 6.14. The highest BCUT2D eigenvalue weighted by molar-refractivity contribution is 5.79. The van der Waals surface area contributed by atoms with Crippen molar-refractivity contribution in [3.05, 3.63) is 35.4 Å². The van der Waals surface area contributed by atoms with Crippen LogP contribution in [0.2, 0.25) is 0 Å². The Morgan fingerprint density at radius 3 is 2.61 bits per heavy atom. The standard InChI is InChI=1S/C14H19NO3/c1-10-3-5-11(6-4-10)7-14(17)15-8-12(16)13(9-15)18-2/h3-6,12-13,16H,7-9H2,1-2H3/t12-,13-/m0/s1. The van der Waals surface area contributed by atoms with Crippen LogP contribution in [0.15, 0.2) is 24.3 Å². The normalized spacial score (nSPS) is 23.4. The summed E-state index contributed by atoms with van der Waals surface area (Å²) in [5, 5.41) is 9.69. The number of aliphatic hydroxyl groups excluding tert-OH is 1. The lowest BCUT2D eigenvalue weighted by molar-refractivity contribution is -0.130. The fourth-order valence-corrected chi connectivity index (χ4v) is 2.18. The lowest BCUT2D eigenvalue weighted by Gasteiger charge is -2.15. The van der Waals surface area contributed by atoms with Gasteiger partial charge in [0.2, 0.25) is 5.91 Å². The van der Waals surface area contributed by atoms with E-state index in [-0.39, 0.29) is 12.0 Å². The van der Waals surface area contributed by atoms with Crippen LogP contribution in [0.5, 0.6) is 0 Å². The Morgan fingerprint density at radius 2 is 2.06 bits per heavy atom. The van der Waals surface area contributed by atoms with Gasteiger partial charge in [0, 0.05) is 20.2 Å². The van der Waals surface area contributed by atoms with Crippen molar-refractivity contribution in [1.82, 2.24) is 4.90 Å². The highest BCUT2D eigenvalue weighted by Crippen LogP contribution is 2.15. The lowest BCUT2D eigenvalue weighted by Crippen LogP contribution is -2.31. The predicted molar refractivity (Wildman–Crippen MR) is 68.3 cm³/mol. The third-order valence-electron chi connectivity index (χ3n) is 3.37. The minimum atomic E-state index is -0.572. The van der Waals surface area contributed by atoms with Crippen molar-refractivity contribution in [3.8, 4) is 0 Å². The van der Waals surface area contributed by atoms with E-state index in [0.29, 0.717) is 19.5 Å². The Bertz CT molecular complexity index is 416. The number of amides is 1. The molecule has 2 atom stereocenters. The molecule has 1 aliphatic rings. The quantitative estimate of drug-likeness (QED) is 0.860. The van der Waals surface area contributed by atoms with Crippen molar-refractivity contribution < 1.29 is 14.6 Å². The van der Waals surface area contributed by atoms with Crippen LogP contribution in [0.3, 0.4) is 0 Å². The average Bonchev–Trinajstić information content (AvgIpc) is 2.73. The number of rotatable bonds is 3. The van der Waals surface area contributed by atoms with Gasteiger partial charge in [-0.3, -0.25) is 4.79 Å². The summed E-state index contributed by atoms with van der Waals surface area (Å²) >= 11 is 0. The Hall–Kier alpha value is -1.39. The van der Waals surface area contributed by atoms with Gasteiger partial charge >= 0.3 is 0 Å². The Morgan fingerprint density at radius 1 is 1.39 bits per heavy atom. The van der Waals surface area contributed by atoms with Gasteiger partial charge in [0.1, 0.15) is 6.10 Å². The molecule has 0 saturated carbocycles. The topological polar surface area (TPSA) is 49.8 Å². The van der Waals surface area contributed by atoms with E-state index < -0.39 is 6.10 Å². The van der Waals surface area contributed by atoms with E-state index in [1.54, 1.807) is 12.0 Å². The van der Waals surface area contributed by atoms with Crippen LogP contribution in [-0.4, -0.2) is 48.3 Å². The van der Waals surface area contributed by atoms with Gasteiger partial charge in [0.15, 0.2) is 0 Å². The molecule has 98 valence electrons. The number of carbonyl (C=O) groups is 1. The molecule has 4 nitrogen and oxygen atoms in total. The molecule has 0 aromatic heterocycles. The maximum Gasteiger partial charge on any atom is 0.227 e. The second-order valence-corrected chi connectivity index (χ2v) is 4.80. The number of aliphatic hydroxyl groups is 1. The number of benzene rings is 1. The Labute approximate surface area is 107 Å². The molecule has 1 aromatic rings. The van der Waals surface area contributed by atoms with Gasteiger partial charge < -0.3 is 14.7 Å². The zero-order chi connectivity index (χ0) is 13.1. The molecule has 1 saturated heterocycles. The van der Waals surface area contributed by atoms with Crippen molar-refractivity contribution in [2.75, 3.05) is 20.2 Å². The molecule has 1 N–H and O–H groups in total. The van der Waals surface area contributed by atoms with E-state index in [1.165, 1.54) is 5.56 Å². The van der Waals surface area contributed by atoms with Crippen LogP contribution in [0.25, 0.3) is 0 Å². The van der Waals surface area contributed by atoms with Crippen molar-refractivity contribution in [2.24, 2.45) is 0 Å². The van der Waals surface area contributed by atoms with Gasteiger partial charge in [-0.1, -0.05) is 29.8 Å². The van der Waals surface area contributed by atoms with Gasteiger partial charge in [0.05, 0.1) is 12.5 Å². The molecular weight excluding hydrogens is 230 g/mol. The molecule has 4 heteroatoms. The molecule has 0 radical (unpaired) electrons. The van der Waals surface area contributed by atoms with E-state index in [4.69, 9.17) is 4.74 Å². The summed E-state index contributed by atoms with van der Waals surface area (Å²) in [5.74, 6) is 0.0393. The first kappa shape index (κ1) is 13.1. The number of β-amino-alcohol motifs (C(OH)–C–C–N with tert-alkyl or cyclic N) is 1. The summed E-state index contributed by atoms with van der Waals surface area (Å²) < 4.78 is 5.13. The summed E-state index contributed by atoms with van der Waals surface area (Å²) in [6.45, 7) is 2.86. The SMILES string of the molecule is CO[C@H]1CN(C(=O)Cc2ccc(C)cc2)C[C@@H]1O. The summed E-state index contributed by atoms with van der Waals surface area (Å²) in [5.41, 5.74) is 2.18. The first-order chi connectivity index (χ1) is 8.60. The molecule has 1 heterocycles. The van der Waals surface area contributed by atoms with Gasteiger partial charge in [-0.15, -0.1) is 0 Å². The van der Waals surface area contributed by atoms with Crippen LogP contribution >= 0.6 is 0 Å². The average molecular weight is 249 g/mol. The van der Waals surface area contributed by atoms with Crippen LogP contribution in [-0.2, 0) is 16.0 Å². The van der Waals surface area contributed by atoms with Crippen LogP contribution in [0, 0.1) is 6.92 Å². The van der Waals surface area contributed by atoms with Crippen LogP contribution < -0.4 is 0 Å². The molecule has 0 spiro atoms. The number of carbonyl (C=O) groups excluding carboxylic acids is 1. The highest BCUT2D eigenvalue weighted by Gasteiger charge is 2.33. The van der Waals surface area contributed by atoms with E-state index in [1.807, 2.05) is 31.2 Å². The second-order valence-electron chi connectivity index (χ2n) is 4.80. The summed E-state index contributed by atoms with van der Waals surface area (Å²) in [6.07, 6.45) is -0.451. The first-order valence-electron chi connectivity index (χ1n) is 6.14. The molecule has 1 fully saturated rings. The second kappa shape index (κ2) is 5.50. The number of methoxy groups -OCH3 is 1. The Balaban J connectivity index is 1.95. The van der Waals surface area contributed by atoms with E-state index >= 15 is 0 Å². The zero-order valence-electron chi connectivity index (χ0n) is 10.8. The monoisotopic (exact) mass is 249 g/mol. The molecule has 1 aromatic carbocycles. The van der Waals surface area contributed by atoms with Crippen molar-refractivity contribution >= 4 is 5.91 Å². The number of ether oxygens (including phenoxy) is 1. The third-order valence-corrected chi connectivity index (χ3v) is 3.37. The van der Waals surface area contributed by atoms with Crippen molar-refractivity contribution in [2.45, 2.75) is 25.6 Å². The van der Waals surface area contributed by atoms with E-state index in [2.05, 4.69) is 0 Å². The molecule has 1 amide bonds. The molecule has 0 bridgehead atoms. The molecule has 18 heavy (non-hydrogen) atoms. The zero-order valence-corrected chi connectivity index (χ0v) is 10.8. The van der Waals surface area contributed by atoms with Crippen LogP contribution in [0.4, 0.5) is 0 Å². The van der Waals surface area contributed by atoms with Gasteiger partial charge in [-0.25, -0.2) is 0 Å². The number of hydrogen-bond acceptors (Lipinski definition) is 3. The van der Waals surface area contributed by atoms with Gasteiger partial charge in [-0.2, -0.15) is 0 Å². The summed E-state index contributed by atoms with van der Waals surface area (Å²) in [6, 6.07) is 7.93. The smallest absolute Gasteiger partial charge is 0.227 e. The Kier molecular flexibility index (Phi) is 3.99. The molecule has 2 rings (SSSR count). The van der Waals surface area contributed by atoms with Gasteiger partial charge in [-0.05, 0) is 12.5 Å². The number of aryl methyl sites for hydroxylation is 1. The van der Waals surface area contributed by atoms with Crippen molar-refractivity contribution in [3.63, 3.8) is 0 Å². The minimum Gasteiger partial charge on any atom is -0.388 e. The molecule has 0 unspecified atom stereocenters. The molecule has 0 aliphatic carbocycles. The third kappa shape index (κ3) is 2.89. The summed E-state index contributed by atoms with van der Waals surface area (Å²) in [4.78, 5) is 13.7.